The summed E-state index contributed by atoms with van der Waals surface area (Å²) in [5, 5.41) is 12.9. The fraction of sp³-hybridized carbons (Fsp3) is 0.290. The number of hydrogen-bond donors (Lipinski definition) is 1. The van der Waals surface area contributed by atoms with Crippen LogP contribution in [-0.2, 0) is 4.79 Å². The first-order valence-electron chi connectivity index (χ1n) is 13.7. The first kappa shape index (κ1) is 25.1. The standard InChI is InChI=1S/C31H29N7O3/c1-3-4-29(39)36-15-12-22(13-16-36)33-25-19-41-26-17-20(6-8-24(25)26)30-31(21-5-7-23-11-14-32-37(23)18-21)38-27(34-30)9-10-28(35-38)40-2/h5-11,14,17-18,22,25,33H,12-13,15-16,19H2,1-2H3/t25-/m0/s1. The van der Waals surface area contributed by atoms with Crippen molar-refractivity contribution in [1.29, 1.82) is 0 Å². The number of rotatable bonds is 5. The molecule has 7 rings (SSSR count). The fourth-order valence-electron chi connectivity index (χ4n) is 5.76. The average molecular weight is 548 g/mol. The molecule has 1 amide bonds. The van der Waals surface area contributed by atoms with Crippen LogP contribution in [0.25, 0.3) is 33.7 Å². The lowest BCUT2D eigenvalue weighted by Crippen LogP contribution is -2.45. The second kappa shape index (κ2) is 10.3. The van der Waals surface area contributed by atoms with Crippen molar-refractivity contribution in [3.8, 4) is 46.0 Å². The molecule has 1 N–H and O–H groups in total. The molecule has 6 heterocycles. The van der Waals surface area contributed by atoms with Crippen LogP contribution >= 0.6 is 0 Å². The number of nitrogens with one attached hydrogen (secondary N) is 1. The van der Waals surface area contributed by atoms with E-state index in [-0.39, 0.29) is 11.9 Å². The number of piperidine rings is 1. The minimum atomic E-state index is -0.0856. The van der Waals surface area contributed by atoms with Crippen LogP contribution in [0.2, 0.25) is 0 Å². The van der Waals surface area contributed by atoms with Crippen LogP contribution in [0.15, 0.2) is 60.9 Å². The average Bonchev–Trinajstić information content (AvgIpc) is 3.73. The van der Waals surface area contributed by atoms with Gasteiger partial charge < -0.3 is 19.7 Å². The molecule has 4 aromatic heterocycles. The van der Waals surface area contributed by atoms with Gasteiger partial charge in [0, 0.05) is 54.3 Å². The van der Waals surface area contributed by atoms with Crippen LogP contribution in [0.3, 0.4) is 0 Å². The largest absolute Gasteiger partial charge is 0.491 e. The quantitative estimate of drug-likeness (QED) is 0.335. The minimum absolute atomic E-state index is 0.0856. The Labute approximate surface area is 236 Å². The molecule has 0 saturated carbocycles. The Hall–Kier alpha value is -4.88. The van der Waals surface area contributed by atoms with E-state index in [0.717, 1.165) is 52.2 Å². The van der Waals surface area contributed by atoms with Gasteiger partial charge >= 0.3 is 0 Å². The monoisotopic (exact) mass is 547 g/mol. The highest BCUT2D eigenvalue weighted by atomic mass is 16.5. The number of imidazole rings is 1. The third-order valence-corrected chi connectivity index (χ3v) is 7.85. The van der Waals surface area contributed by atoms with Gasteiger partial charge in [-0.2, -0.15) is 5.10 Å². The predicted octanol–water partition coefficient (Wildman–Crippen LogP) is 3.76. The van der Waals surface area contributed by atoms with Crippen LogP contribution in [0.4, 0.5) is 0 Å². The highest BCUT2D eigenvalue weighted by Crippen LogP contribution is 2.39. The van der Waals surface area contributed by atoms with Gasteiger partial charge in [0.15, 0.2) is 5.65 Å². The number of methoxy groups -OCH3 is 1. The molecule has 0 unspecified atom stereocenters. The van der Waals surface area contributed by atoms with Crippen LogP contribution in [0.5, 0.6) is 11.6 Å². The van der Waals surface area contributed by atoms with Crippen LogP contribution < -0.4 is 14.8 Å². The number of carbonyl (C=O) groups is 1. The van der Waals surface area contributed by atoms with Gasteiger partial charge in [0.05, 0.1) is 24.4 Å². The summed E-state index contributed by atoms with van der Waals surface area (Å²) in [6.45, 7) is 3.68. The predicted molar refractivity (Wildman–Crippen MR) is 154 cm³/mol. The molecule has 206 valence electrons. The van der Waals surface area contributed by atoms with Gasteiger partial charge in [-0.25, -0.2) is 14.0 Å². The van der Waals surface area contributed by atoms with E-state index >= 15 is 0 Å². The third kappa shape index (κ3) is 4.54. The second-order valence-corrected chi connectivity index (χ2v) is 10.3. The highest BCUT2D eigenvalue weighted by Gasteiger charge is 2.30. The number of likely N-dealkylation sites (tertiary alicyclic amines) is 1. The topological polar surface area (TPSA) is 98.3 Å². The summed E-state index contributed by atoms with van der Waals surface area (Å²) < 4.78 is 15.3. The summed E-state index contributed by atoms with van der Waals surface area (Å²) in [5.74, 6) is 6.61. The maximum atomic E-state index is 12.1. The zero-order chi connectivity index (χ0) is 27.9. The lowest BCUT2D eigenvalue weighted by atomic mass is 9.99. The molecule has 0 bridgehead atoms. The molecule has 1 saturated heterocycles. The number of ether oxygens (including phenoxy) is 2. The van der Waals surface area contributed by atoms with Gasteiger partial charge in [-0.15, -0.1) is 5.10 Å². The molecule has 2 aliphatic rings. The minimum Gasteiger partial charge on any atom is -0.491 e. The normalized spacial score (nSPS) is 16.8. The van der Waals surface area contributed by atoms with Gasteiger partial charge in [0.25, 0.3) is 5.91 Å². The summed E-state index contributed by atoms with van der Waals surface area (Å²) in [6.07, 6.45) is 5.55. The van der Waals surface area contributed by atoms with E-state index in [1.54, 1.807) is 20.2 Å². The fourth-order valence-corrected chi connectivity index (χ4v) is 5.76. The smallest absolute Gasteiger partial charge is 0.298 e. The maximum absolute atomic E-state index is 12.1. The Kier molecular flexibility index (Phi) is 6.29. The van der Waals surface area contributed by atoms with E-state index in [1.807, 2.05) is 44.4 Å². The van der Waals surface area contributed by atoms with E-state index in [2.05, 4.69) is 51.6 Å². The summed E-state index contributed by atoms with van der Waals surface area (Å²) in [7, 11) is 1.60. The molecule has 10 heteroatoms. The van der Waals surface area contributed by atoms with Crippen LogP contribution in [0.1, 0.15) is 31.4 Å². The van der Waals surface area contributed by atoms with Crippen LogP contribution in [-0.4, -0.2) is 67.9 Å². The van der Waals surface area contributed by atoms with Crippen molar-refractivity contribution in [2.75, 3.05) is 26.8 Å². The molecule has 1 fully saturated rings. The van der Waals surface area contributed by atoms with Crippen molar-refractivity contribution in [1.82, 2.24) is 34.4 Å². The first-order chi connectivity index (χ1) is 20.1. The number of fused-ring (bicyclic) bond motifs is 3. The Bertz CT molecular complexity index is 1840. The van der Waals surface area contributed by atoms with Crippen molar-refractivity contribution in [2.45, 2.75) is 31.8 Å². The number of hydrogen-bond acceptors (Lipinski definition) is 7. The molecular weight excluding hydrogens is 518 g/mol. The number of pyridine rings is 1. The number of carbonyl (C=O) groups excluding carboxylic acids is 1. The van der Waals surface area contributed by atoms with E-state index in [9.17, 15) is 4.79 Å². The maximum Gasteiger partial charge on any atom is 0.298 e. The van der Waals surface area contributed by atoms with Gasteiger partial charge in [-0.05, 0) is 56.0 Å². The van der Waals surface area contributed by atoms with Crippen molar-refractivity contribution in [3.05, 3.63) is 66.5 Å². The number of benzene rings is 1. The second-order valence-electron chi connectivity index (χ2n) is 10.3. The molecule has 1 atom stereocenters. The molecule has 2 aliphatic heterocycles. The Morgan fingerprint density at radius 3 is 2.78 bits per heavy atom. The Morgan fingerprint density at radius 2 is 1.95 bits per heavy atom. The number of aromatic nitrogens is 5. The van der Waals surface area contributed by atoms with Crippen molar-refractivity contribution < 1.29 is 14.3 Å². The molecule has 0 spiro atoms. The Morgan fingerprint density at radius 1 is 1.10 bits per heavy atom. The van der Waals surface area contributed by atoms with E-state index < -0.39 is 0 Å². The molecule has 0 radical (unpaired) electrons. The van der Waals surface area contributed by atoms with Crippen LogP contribution in [0, 0.1) is 11.8 Å². The lowest BCUT2D eigenvalue weighted by Gasteiger charge is -2.32. The van der Waals surface area contributed by atoms with E-state index in [4.69, 9.17) is 14.5 Å². The third-order valence-electron chi connectivity index (χ3n) is 7.85. The van der Waals surface area contributed by atoms with E-state index in [1.165, 1.54) is 0 Å². The Balaban J connectivity index is 1.19. The van der Waals surface area contributed by atoms with Gasteiger partial charge in [-0.1, -0.05) is 18.1 Å². The molecule has 1 aromatic carbocycles. The van der Waals surface area contributed by atoms with E-state index in [0.29, 0.717) is 37.3 Å². The highest BCUT2D eigenvalue weighted by molar-refractivity contribution is 5.93. The number of nitrogens with zero attached hydrogens (tertiary/aromatic N) is 6. The summed E-state index contributed by atoms with van der Waals surface area (Å²) in [4.78, 5) is 18.9. The zero-order valence-corrected chi connectivity index (χ0v) is 22.9. The zero-order valence-electron chi connectivity index (χ0n) is 22.9. The van der Waals surface area contributed by atoms with Gasteiger partial charge in [-0.3, -0.25) is 4.79 Å². The first-order valence-corrected chi connectivity index (χ1v) is 13.7. The van der Waals surface area contributed by atoms with Gasteiger partial charge in [0.1, 0.15) is 18.1 Å². The molecule has 10 nitrogen and oxygen atoms in total. The lowest BCUT2D eigenvalue weighted by molar-refractivity contribution is -0.126. The van der Waals surface area contributed by atoms with Crippen molar-refractivity contribution in [2.24, 2.45) is 0 Å². The SMILES string of the molecule is CC#CC(=O)N1CCC(N[C@H]2COc3cc(-c4nc5ccc(OC)nn5c4-c4ccc5ccnn5c4)ccc32)CC1. The summed E-state index contributed by atoms with van der Waals surface area (Å²) in [6, 6.07) is 16.5. The summed E-state index contributed by atoms with van der Waals surface area (Å²) in [5.41, 5.74) is 6.36. The number of amides is 1. The summed E-state index contributed by atoms with van der Waals surface area (Å²) >= 11 is 0. The van der Waals surface area contributed by atoms with Crippen molar-refractivity contribution >= 4 is 17.1 Å². The van der Waals surface area contributed by atoms with Gasteiger partial charge in [0.2, 0.25) is 5.88 Å². The van der Waals surface area contributed by atoms with Crippen molar-refractivity contribution in [3.63, 3.8) is 0 Å². The molecule has 5 aromatic rings. The molecule has 41 heavy (non-hydrogen) atoms. The molecular formula is C31H29N7O3. The molecule has 0 aliphatic carbocycles.